The molecule has 1 atom stereocenters. The van der Waals surface area contributed by atoms with Crippen LogP contribution in [0.4, 0.5) is 0 Å². The van der Waals surface area contributed by atoms with Gasteiger partial charge in [-0.15, -0.1) is 0 Å². The summed E-state index contributed by atoms with van der Waals surface area (Å²) < 4.78 is 6.03. The summed E-state index contributed by atoms with van der Waals surface area (Å²) in [5.41, 5.74) is 0.763. The van der Waals surface area contributed by atoms with Gasteiger partial charge in [-0.05, 0) is 29.7 Å². The van der Waals surface area contributed by atoms with E-state index in [-0.39, 0.29) is 11.4 Å². The van der Waals surface area contributed by atoms with Crippen LogP contribution in [-0.2, 0) is 4.74 Å². The number of hydrogen-bond donors (Lipinski definition) is 0. The molecule has 2 heteroatoms. The topological polar surface area (TPSA) is 26.3 Å². The summed E-state index contributed by atoms with van der Waals surface area (Å²) in [5.74, 6) is -0.174. The fraction of sp³-hybridized carbons (Fsp3) is 0.694. The lowest BCUT2D eigenvalue weighted by Gasteiger charge is -2.29. The summed E-state index contributed by atoms with van der Waals surface area (Å²) >= 11 is 0. The molecule has 214 valence electrons. The van der Waals surface area contributed by atoms with Gasteiger partial charge in [0, 0.05) is 5.41 Å². The number of esters is 1. The lowest BCUT2D eigenvalue weighted by atomic mass is 9.80. The highest BCUT2D eigenvalue weighted by Gasteiger charge is 2.26. The smallest absolute Gasteiger partial charge is 0.338 e. The molecule has 0 aliphatic carbocycles. The molecular weight excluding hydrogens is 464 g/mol. The summed E-state index contributed by atoms with van der Waals surface area (Å²) in [6.07, 6.45) is 26.6. The summed E-state index contributed by atoms with van der Waals surface area (Å²) in [5, 5.41) is 2.08. The molecule has 1 unspecified atom stereocenters. The average molecular weight is 523 g/mol. The van der Waals surface area contributed by atoms with E-state index >= 15 is 0 Å². The van der Waals surface area contributed by atoms with Crippen LogP contribution in [0.5, 0.6) is 0 Å². The molecule has 0 N–H and O–H groups in total. The first-order chi connectivity index (χ1) is 18.6. The number of ether oxygens (including phenoxy) is 1. The first-order valence-corrected chi connectivity index (χ1v) is 16.2. The molecule has 2 aromatic carbocycles. The van der Waals surface area contributed by atoms with Crippen LogP contribution in [0.1, 0.15) is 160 Å². The van der Waals surface area contributed by atoms with Crippen LogP contribution in [0.25, 0.3) is 10.8 Å². The molecule has 2 aromatic rings. The van der Waals surface area contributed by atoms with Crippen molar-refractivity contribution in [2.75, 3.05) is 6.61 Å². The van der Waals surface area contributed by atoms with Crippen LogP contribution < -0.4 is 0 Å². The van der Waals surface area contributed by atoms with Gasteiger partial charge < -0.3 is 4.74 Å². The van der Waals surface area contributed by atoms with Crippen LogP contribution in [0, 0.1) is 5.41 Å². The highest BCUT2D eigenvalue weighted by Crippen LogP contribution is 2.33. The molecule has 0 aromatic heterocycles. The number of fused-ring (bicyclic) bond motifs is 1. The molecule has 0 fully saturated rings. The molecule has 0 saturated heterocycles. The standard InChI is InChI=1S/C36H58O2/c1-4-6-8-10-12-14-15-17-19-23-30-36(3,29-22-18-16-13-11-9-7-5-2)31-38-35(37)34-28-24-26-32-25-20-21-27-33(32)34/h20-21,24-28H,4-19,22-23,29-31H2,1-3H3. The predicted octanol–water partition coefficient (Wildman–Crippen LogP) is 11.8. The molecule has 2 rings (SSSR count). The molecule has 38 heavy (non-hydrogen) atoms. The van der Waals surface area contributed by atoms with E-state index in [1.807, 2.05) is 30.3 Å². The molecule has 2 nitrogen and oxygen atoms in total. The van der Waals surface area contributed by atoms with Crippen LogP contribution in [0.3, 0.4) is 0 Å². The number of hydrogen-bond acceptors (Lipinski definition) is 2. The van der Waals surface area contributed by atoms with Crippen LogP contribution in [0.2, 0.25) is 0 Å². The molecule has 0 aliphatic rings. The van der Waals surface area contributed by atoms with E-state index in [9.17, 15) is 4.79 Å². The number of rotatable bonds is 23. The fourth-order valence-electron chi connectivity index (χ4n) is 5.72. The maximum atomic E-state index is 13.1. The third-order valence-electron chi connectivity index (χ3n) is 8.33. The van der Waals surface area contributed by atoms with E-state index in [1.54, 1.807) is 0 Å². The number of benzene rings is 2. The maximum absolute atomic E-state index is 13.1. The van der Waals surface area contributed by atoms with Gasteiger partial charge in [-0.2, -0.15) is 0 Å². The van der Waals surface area contributed by atoms with Crippen molar-refractivity contribution >= 4 is 16.7 Å². The Hall–Kier alpha value is -1.83. The van der Waals surface area contributed by atoms with Gasteiger partial charge in [-0.25, -0.2) is 4.79 Å². The Morgan fingerprint density at radius 1 is 0.605 bits per heavy atom. The van der Waals surface area contributed by atoms with Gasteiger partial charge in [-0.1, -0.05) is 173 Å². The zero-order valence-corrected chi connectivity index (χ0v) is 25.2. The largest absolute Gasteiger partial charge is 0.462 e. The molecule has 0 amide bonds. The Kier molecular flexibility index (Phi) is 17.2. The van der Waals surface area contributed by atoms with E-state index in [4.69, 9.17) is 4.74 Å². The molecule has 0 heterocycles. The Morgan fingerprint density at radius 2 is 1.05 bits per heavy atom. The minimum atomic E-state index is -0.174. The first kappa shape index (κ1) is 32.4. The zero-order valence-electron chi connectivity index (χ0n) is 25.2. The van der Waals surface area contributed by atoms with Crippen molar-refractivity contribution in [1.29, 1.82) is 0 Å². The van der Waals surface area contributed by atoms with Gasteiger partial charge in [-0.3, -0.25) is 0 Å². The van der Waals surface area contributed by atoms with Crippen LogP contribution >= 0.6 is 0 Å². The summed E-state index contributed by atoms with van der Waals surface area (Å²) in [4.78, 5) is 13.1. The Bertz CT molecular complexity index is 867. The van der Waals surface area contributed by atoms with Gasteiger partial charge in [0.1, 0.15) is 0 Å². The quantitative estimate of drug-likeness (QED) is 0.107. The van der Waals surface area contributed by atoms with Crippen molar-refractivity contribution in [2.45, 2.75) is 149 Å². The lowest BCUT2D eigenvalue weighted by molar-refractivity contribution is 0.0266. The average Bonchev–Trinajstić information content (AvgIpc) is 2.94. The van der Waals surface area contributed by atoms with Crippen molar-refractivity contribution in [3.05, 3.63) is 48.0 Å². The highest BCUT2D eigenvalue weighted by atomic mass is 16.5. The van der Waals surface area contributed by atoms with E-state index in [0.717, 1.165) is 23.6 Å². The second kappa shape index (κ2) is 20.1. The maximum Gasteiger partial charge on any atom is 0.338 e. The molecule has 0 spiro atoms. The molecule has 0 aliphatic heterocycles. The number of carbonyl (C=O) groups is 1. The lowest BCUT2D eigenvalue weighted by Crippen LogP contribution is -2.25. The van der Waals surface area contributed by atoms with Crippen molar-refractivity contribution in [1.82, 2.24) is 0 Å². The van der Waals surface area contributed by atoms with E-state index in [2.05, 4.69) is 32.9 Å². The summed E-state index contributed by atoms with van der Waals surface area (Å²) in [6.45, 7) is 7.46. The molecule has 0 radical (unpaired) electrons. The first-order valence-electron chi connectivity index (χ1n) is 16.2. The van der Waals surface area contributed by atoms with E-state index in [1.165, 1.54) is 116 Å². The third-order valence-corrected chi connectivity index (χ3v) is 8.33. The number of unbranched alkanes of at least 4 members (excludes halogenated alkanes) is 16. The van der Waals surface area contributed by atoms with Crippen molar-refractivity contribution in [3.63, 3.8) is 0 Å². The van der Waals surface area contributed by atoms with Crippen molar-refractivity contribution < 1.29 is 9.53 Å². The SMILES string of the molecule is CCCCCCCCCCCCC(C)(CCCCCCCCCC)COC(=O)c1cccc2ccccc12. The molecular formula is C36H58O2. The highest BCUT2D eigenvalue weighted by molar-refractivity contribution is 6.04. The minimum Gasteiger partial charge on any atom is -0.462 e. The van der Waals surface area contributed by atoms with Gasteiger partial charge in [0.15, 0.2) is 0 Å². The van der Waals surface area contributed by atoms with Crippen LogP contribution in [-0.4, -0.2) is 12.6 Å². The van der Waals surface area contributed by atoms with Crippen molar-refractivity contribution in [3.8, 4) is 0 Å². The van der Waals surface area contributed by atoms with Gasteiger partial charge >= 0.3 is 5.97 Å². The Morgan fingerprint density at radius 3 is 1.58 bits per heavy atom. The van der Waals surface area contributed by atoms with Gasteiger partial charge in [0.05, 0.1) is 12.2 Å². The van der Waals surface area contributed by atoms with Crippen LogP contribution in [0.15, 0.2) is 42.5 Å². The number of carbonyl (C=O) groups excluding carboxylic acids is 1. The van der Waals surface area contributed by atoms with E-state index < -0.39 is 0 Å². The predicted molar refractivity (Wildman–Crippen MR) is 166 cm³/mol. The molecule has 0 bridgehead atoms. The zero-order chi connectivity index (χ0) is 27.3. The Labute approximate surface area is 235 Å². The van der Waals surface area contributed by atoms with Crippen molar-refractivity contribution in [2.24, 2.45) is 5.41 Å². The monoisotopic (exact) mass is 522 g/mol. The summed E-state index contributed by atoms with van der Waals surface area (Å²) in [7, 11) is 0. The van der Waals surface area contributed by atoms with Gasteiger partial charge in [0.2, 0.25) is 0 Å². The second-order valence-corrected chi connectivity index (χ2v) is 12.1. The fourth-order valence-corrected chi connectivity index (χ4v) is 5.72. The minimum absolute atomic E-state index is 0.0720. The second-order valence-electron chi connectivity index (χ2n) is 12.1. The molecule has 0 saturated carbocycles. The van der Waals surface area contributed by atoms with E-state index in [0.29, 0.717) is 12.2 Å². The Balaban J connectivity index is 1.80. The van der Waals surface area contributed by atoms with Gasteiger partial charge in [0.25, 0.3) is 0 Å². The third kappa shape index (κ3) is 13.3. The summed E-state index contributed by atoms with van der Waals surface area (Å²) in [6, 6.07) is 14.0. The normalized spacial score (nSPS) is 13.0.